The molecule has 0 bridgehead atoms. The van der Waals surface area contributed by atoms with Crippen LogP contribution in [0.15, 0.2) is 78.9 Å². The molecule has 3 heteroatoms. The second-order valence-corrected chi connectivity index (χ2v) is 16.2. The number of hydrogen-bond acceptors (Lipinski definition) is 2. The Morgan fingerprint density at radius 2 is 0.860 bits per heavy atom. The van der Waals surface area contributed by atoms with Gasteiger partial charge in [-0.25, -0.2) is 4.57 Å². The van der Waals surface area contributed by atoms with Gasteiger partial charge in [0.1, 0.15) is 5.75 Å². The lowest BCUT2D eigenvalue weighted by atomic mass is 9.70. The van der Waals surface area contributed by atoms with E-state index in [2.05, 4.69) is 156 Å². The Bertz CT molecular complexity index is 1550. The maximum atomic E-state index is 12.2. The average Bonchev–Trinajstić information content (AvgIpc) is 2.90. The third-order valence-electron chi connectivity index (χ3n) is 8.25. The Labute approximate surface area is 262 Å². The molecule has 0 heterocycles. The van der Waals surface area contributed by atoms with Crippen molar-refractivity contribution in [3.63, 3.8) is 0 Å². The van der Waals surface area contributed by atoms with Gasteiger partial charge in [-0.05, 0) is 78.3 Å². The van der Waals surface area contributed by atoms with E-state index in [4.69, 9.17) is 4.52 Å². The summed E-state index contributed by atoms with van der Waals surface area (Å²) in [7, 11) is -0.376. The van der Waals surface area contributed by atoms with Crippen molar-refractivity contribution in [2.45, 2.75) is 105 Å². The third-order valence-corrected chi connectivity index (χ3v) is 8.52. The topological polar surface area (TPSA) is 26.3 Å². The minimum absolute atomic E-state index is 0.0899. The first-order valence-corrected chi connectivity index (χ1v) is 16.1. The van der Waals surface area contributed by atoms with E-state index >= 15 is 0 Å². The highest BCUT2D eigenvalue weighted by molar-refractivity contribution is 7.17. The fourth-order valence-corrected chi connectivity index (χ4v) is 6.46. The summed E-state index contributed by atoms with van der Waals surface area (Å²) in [6.07, 6.45) is 0. The van der Waals surface area contributed by atoms with Crippen LogP contribution in [0.3, 0.4) is 0 Å². The molecule has 0 radical (unpaired) electrons. The molecule has 0 saturated carbocycles. The second kappa shape index (κ2) is 11.7. The molecule has 2 nitrogen and oxygen atoms in total. The molecule has 226 valence electrons. The molecule has 0 fully saturated rings. The van der Waals surface area contributed by atoms with Crippen molar-refractivity contribution < 1.29 is 9.09 Å². The molecule has 0 amide bonds. The van der Waals surface area contributed by atoms with Crippen LogP contribution < -0.4 is 4.52 Å². The normalized spacial score (nSPS) is 12.9. The highest BCUT2D eigenvalue weighted by Crippen LogP contribution is 2.53. The molecule has 4 aromatic rings. The fourth-order valence-electron chi connectivity index (χ4n) is 6.23. The van der Waals surface area contributed by atoms with Gasteiger partial charge in [-0.15, -0.1) is 0 Å². The maximum absolute atomic E-state index is 12.2. The minimum Gasteiger partial charge on any atom is -0.407 e. The van der Waals surface area contributed by atoms with Crippen LogP contribution >= 0.6 is 8.69 Å². The zero-order valence-electron chi connectivity index (χ0n) is 28.3. The lowest BCUT2D eigenvalue weighted by molar-refractivity contribution is 0.525. The Hall–Kier alpha value is -3.22. The van der Waals surface area contributed by atoms with Crippen molar-refractivity contribution in [1.29, 1.82) is 0 Å². The molecular weight excluding hydrogens is 543 g/mol. The summed E-state index contributed by atoms with van der Waals surface area (Å²) < 4.78 is 18.2. The van der Waals surface area contributed by atoms with Crippen LogP contribution in [0.5, 0.6) is 5.75 Å². The van der Waals surface area contributed by atoms with Crippen LogP contribution in [0.25, 0.3) is 33.4 Å². The van der Waals surface area contributed by atoms with Crippen molar-refractivity contribution in [2.24, 2.45) is 0 Å². The summed E-state index contributed by atoms with van der Waals surface area (Å²) in [4.78, 5) is 0. The van der Waals surface area contributed by atoms with Gasteiger partial charge in [0, 0.05) is 11.1 Å². The van der Waals surface area contributed by atoms with Crippen LogP contribution in [0.1, 0.15) is 105 Å². The SMILES string of the molecule is CC(C)(C)c1cccc(C(C)(C)C)c1-c1ccc(OP=O)c(-c2c(C(C)(C)C)cccc2C(C)(C)C)c1-c1ccccc1. The molecule has 4 rings (SSSR count). The highest BCUT2D eigenvalue weighted by Gasteiger charge is 2.33. The van der Waals surface area contributed by atoms with Crippen molar-refractivity contribution in [3.05, 3.63) is 101 Å². The fraction of sp³-hybridized carbons (Fsp3) is 0.400. The van der Waals surface area contributed by atoms with Gasteiger partial charge >= 0.3 is 8.69 Å². The van der Waals surface area contributed by atoms with E-state index in [9.17, 15) is 4.57 Å². The highest BCUT2D eigenvalue weighted by atomic mass is 31.1. The van der Waals surface area contributed by atoms with E-state index < -0.39 is 0 Å². The molecule has 0 aliphatic carbocycles. The van der Waals surface area contributed by atoms with Crippen LogP contribution in [0.4, 0.5) is 0 Å². The van der Waals surface area contributed by atoms with Crippen LogP contribution in [0, 0.1) is 0 Å². The van der Waals surface area contributed by atoms with Gasteiger partial charge in [-0.1, -0.05) is 150 Å². The van der Waals surface area contributed by atoms with Crippen LogP contribution in [0.2, 0.25) is 0 Å². The quantitative estimate of drug-likeness (QED) is 0.216. The lowest BCUT2D eigenvalue weighted by Gasteiger charge is -2.34. The third kappa shape index (κ3) is 6.66. The number of benzene rings is 4. The van der Waals surface area contributed by atoms with Crippen LogP contribution in [-0.2, 0) is 26.2 Å². The molecule has 0 unspecified atom stereocenters. The molecular formula is C40H49O2P. The van der Waals surface area contributed by atoms with Gasteiger partial charge in [0.25, 0.3) is 0 Å². The lowest BCUT2D eigenvalue weighted by Crippen LogP contribution is -2.20. The van der Waals surface area contributed by atoms with E-state index in [-0.39, 0.29) is 30.3 Å². The summed E-state index contributed by atoms with van der Waals surface area (Å²) in [5.41, 5.74) is 11.4. The number of hydrogen-bond donors (Lipinski definition) is 0. The van der Waals surface area contributed by atoms with Gasteiger partial charge in [0.15, 0.2) is 0 Å². The first-order valence-electron chi connectivity index (χ1n) is 15.4. The predicted octanol–water partition coefficient (Wildman–Crippen LogP) is 12.5. The van der Waals surface area contributed by atoms with Crippen molar-refractivity contribution in [3.8, 4) is 39.1 Å². The Kier molecular flexibility index (Phi) is 8.89. The van der Waals surface area contributed by atoms with Crippen LogP contribution in [-0.4, -0.2) is 0 Å². The van der Waals surface area contributed by atoms with Crippen molar-refractivity contribution >= 4 is 8.69 Å². The molecule has 0 spiro atoms. The first kappa shape index (κ1) is 32.7. The zero-order chi connectivity index (χ0) is 32.0. The van der Waals surface area contributed by atoms with Crippen molar-refractivity contribution in [1.82, 2.24) is 0 Å². The maximum Gasteiger partial charge on any atom is 0.395 e. The molecule has 0 atom stereocenters. The van der Waals surface area contributed by atoms with Gasteiger partial charge in [0.05, 0.1) is 0 Å². The monoisotopic (exact) mass is 592 g/mol. The Morgan fingerprint density at radius 1 is 0.442 bits per heavy atom. The molecule has 0 saturated heterocycles. The molecule has 43 heavy (non-hydrogen) atoms. The van der Waals surface area contributed by atoms with E-state index in [1.165, 1.54) is 27.8 Å². The summed E-state index contributed by atoms with van der Waals surface area (Å²) in [6.45, 7) is 27.4. The predicted molar refractivity (Wildman–Crippen MR) is 186 cm³/mol. The van der Waals surface area contributed by atoms with E-state index in [0.29, 0.717) is 5.75 Å². The summed E-state index contributed by atoms with van der Waals surface area (Å²) in [5, 5.41) is 0. The van der Waals surface area contributed by atoms with E-state index in [0.717, 1.165) is 27.8 Å². The molecule has 0 N–H and O–H groups in total. The summed E-state index contributed by atoms with van der Waals surface area (Å²) >= 11 is 0. The van der Waals surface area contributed by atoms with Gasteiger partial charge in [-0.3, -0.25) is 0 Å². The average molecular weight is 593 g/mol. The second-order valence-electron chi connectivity index (χ2n) is 15.8. The minimum atomic E-state index is -0.376. The summed E-state index contributed by atoms with van der Waals surface area (Å²) in [6, 6.07) is 28.3. The number of rotatable bonds is 5. The zero-order valence-corrected chi connectivity index (χ0v) is 29.2. The van der Waals surface area contributed by atoms with Gasteiger partial charge in [-0.2, -0.15) is 0 Å². The Balaban J connectivity index is 2.38. The largest absolute Gasteiger partial charge is 0.407 e. The standard InChI is InChI=1S/C40H49O2P/c1-37(2,3)28-20-16-21-29(38(4,5)6)34(28)27-24-25-32(42-43-41)36(33(27)26-18-14-13-15-19-26)35-30(39(7,8)9)22-17-23-31(35)40(10,11)12/h13-25H,1-12H3. The van der Waals surface area contributed by atoms with E-state index in [1.54, 1.807) is 0 Å². The molecule has 4 aromatic carbocycles. The molecule has 0 aliphatic rings. The first-order chi connectivity index (χ1) is 19.9. The van der Waals surface area contributed by atoms with Crippen molar-refractivity contribution in [2.75, 3.05) is 0 Å². The molecule has 0 aromatic heterocycles. The van der Waals surface area contributed by atoms with E-state index in [1.807, 2.05) is 6.07 Å². The smallest absolute Gasteiger partial charge is 0.395 e. The summed E-state index contributed by atoms with van der Waals surface area (Å²) in [5.74, 6) is 0.618. The Morgan fingerprint density at radius 3 is 1.26 bits per heavy atom. The van der Waals surface area contributed by atoms with Gasteiger partial charge in [0.2, 0.25) is 0 Å². The molecule has 0 aliphatic heterocycles. The van der Waals surface area contributed by atoms with Gasteiger partial charge < -0.3 is 4.52 Å².